The van der Waals surface area contributed by atoms with Crippen LogP contribution < -0.4 is 5.32 Å². The zero-order valence-corrected chi connectivity index (χ0v) is 13.9. The standard InChI is InChI=1S/C15H20N2O5S/c1-10-5-6-13(8-14(10)16-11(2)18)23(21,22)17-7-3-4-12(9-17)15(19)20/h5-6,8,12H,3-4,7,9H2,1-2H3,(H,16,18)(H,19,20). The first-order valence-corrected chi connectivity index (χ1v) is 8.77. The molecule has 1 aromatic rings. The van der Waals surface area contributed by atoms with Gasteiger partial charge in [-0.05, 0) is 37.5 Å². The van der Waals surface area contributed by atoms with Gasteiger partial charge in [-0.25, -0.2) is 8.42 Å². The fraction of sp³-hybridized carbons (Fsp3) is 0.467. The van der Waals surface area contributed by atoms with E-state index in [1.165, 1.54) is 23.4 Å². The van der Waals surface area contributed by atoms with Crippen molar-refractivity contribution in [3.05, 3.63) is 23.8 Å². The number of hydrogen-bond acceptors (Lipinski definition) is 4. The Kier molecular flexibility index (Phi) is 5.06. The number of carboxylic acids is 1. The molecule has 0 bridgehead atoms. The summed E-state index contributed by atoms with van der Waals surface area (Å²) in [5.74, 6) is -1.95. The van der Waals surface area contributed by atoms with Crippen LogP contribution in [-0.4, -0.2) is 42.8 Å². The number of benzene rings is 1. The van der Waals surface area contributed by atoms with Crippen LogP contribution in [0.2, 0.25) is 0 Å². The van der Waals surface area contributed by atoms with Gasteiger partial charge >= 0.3 is 5.97 Å². The van der Waals surface area contributed by atoms with Crippen LogP contribution in [0.1, 0.15) is 25.3 Å². The Morgan fingerprint density at radius 2 is 2.04 bits per heavy atom. The number of anilines is 1. The summed E-state index contributed by atoms with van der Waals surface area (Å²) in [6.07, 6.45) is 0.993. The molecule has 1 saturated heterocycles. The van der Waals surface area contributed by atoms with E-state index in [9.17, 15) is 18.0 Å². The van der Waals surface area contributed by atoms with Gasteiger partial charge < -0.3 is 10.4 Å². The molecular weight excluding hydrogens is 320 g/mol. The van der Waals surface area contributed by atoms with Gasteiger partial charge in [0.25, 0.3) is 0 Å². The van der Waals surface area contributed by atoms with E-state index in [4.69, 9.17) is 5.11 Å². The van der Waals surface area contributed by atoms with Crippen molar-refractivity contribution in [3.63, 3.8) is 0 Å². The normalized spacial score (nSPS) is 19.3. The topological polar surface area (TPSA) is 104 Å². The van der Waals surface area contributed by atoms with E-state index in [1.807, 2.05) is 0 Å². The van der Waals surface area contributed by atoms with E-state index < -0.39 is 21.9 Å². The lowest BCUT2D eigenvalue weighted by Crippen LogP contribution is -2.42. The number of carbonyl (C=O) groups is 2. The molecule has 1 atom stereocenters. The molecule has 0 aromatic heterocycles. The van der Waals surface area contributed by atoms with Gasteiger partial charge in [-0.15, -0.1) is 0 Å². The molecule has 2 N–H and O–H groups in total. The number of rotatable bonds is 4. The van der Waals surface area contributed by atoms with Crippen LogP contribution in [0.5, 0.6) is 0 Å². The molecule has 0 spiro atoms. The fourth-order valence-corrected chi connectivity index (χ4v) is 4.15. The summed E-state index contributed by atoms with van der Waals surface area (Å²) in [5, 5.41) is 11.7. The number of nitrogens with one attached hydrogen (secondary N) is 1. The predicted octanol–water partition coefficient (Wildman–Crippen LogP) is 1.44. The maximum absolute atomic E-state index is 12.7. The van der Waals surface area contributed by atoms with Crippen LogP contribution in [0.25, 0.3) is 0 Å². The molecule has 1 aliphatic heterocycles. The van der Waals surface area contributed by atoms with E-state index in [0.717, 1.165) is 5.56 Å². The second-order valence-electron chi connectivity index (χ2n) is 5.70. The predicted molar refractivity (Wildman–Crippen MR) is 84.6 cm³/mol. The average Bonchev–Trinajstić information content (AvgIpc) is 2.49. The molecule has 2 rings (SSSR count). The van der Waals surface area contributed by atoms with Gasteiger partial charge in [-0.3, -0.25) is 9.59 Å². The van der Waals surface area contributed by atoms with Gasteiger partial charge in [0.05, 0.1) is 10.8 Å². The molecule has 7 nitrogen and oxygen atoms in total. The van der Waals surface area contributed by atoms with Gasteiger partial charge in [-0.2, -0.15) is 4.31 Å². The lowest BCUT2D eigenvalue weighted by Gasteiger charge is -2.30. The smallest absolute Gasteiger partial charge is 0.307 e. The molecule has 1 aliphatic rings. The number of nitrogens with zero attached hydrogens (tertiary/aromatic N) is 1. The lowest BCUT2D eigenvalue weighted by molar-refractivity contribution is -0.142. The molecule has 1 aromatic carbocycles. The summed E-state index contributed by atoms with van der Waals surface area (Å²) >= 11 is 0. The van der Waals surface area contributed by atoms with Crippen LogP contribution in [0, 0.1) is 12.8 Å². The number of carboxylic acid groups (broad SMARTS) is 1. The van der Waals surface area contributed by atoms with Crippen molar-refractivity contribution in [2.24, 2.45) is 5.92 Å². The van der Waals surface area contributed by atoms with E-state index >= 15 is 0 Å². The van der Waals surface area contributed by atoms with Crippen LogP contribution in [0.15, 0.2) is 23.1 Å². The minimum atomic E-state index is -3.78. The van der Waals surface area contributed by atoms with E-state index in [1.54, 1.807) is 13.0 Å². The first-order chi connectivity index (χ1) is 10.7. The van der Waals surface area contributed by atoms with E-state index in [0.29, 0.717) is 25.1 Å². The Hall–Kier alpha value is -1.93. The molecule has 23 heavy (non-hydrogen) atoms. The number of sulfonamides is 1. The quantitative estimate of drug-likeness (QED) is 0.863. The Balaban J connectivity index is 2.32. The third kappa shape index (κ3) is 3.89. The second kappa shape index (κ2) is 6.67. The van der Waals surface area contributed by atoms with Crippen molar-refractivity contribution in [3.8, 4) is 0 Å². The summed E-state index contributed by atoms with van der Waals surface area (Å²) < 4.78 is 26.7. The largest absolute Gasteiger partial charge is 0.481 e. The van der Waals surface area contributed by atoms with Gasteiger partial charge in [0.1, 0.15) is 0 Å². The molecule has 1 fully saturated rings. The van der Waals surface area contributed by atoms with E-state index in [2.05, 4.69) is 5.32 Å². The first-order valence-electron chi connectivity index (χ1n) is 7.33. The fourth-order valence-electron chi connectivity index (χ4n) is 2.60. The van der Waals surface area contributed by atoms with Crippen molar-refractivity contribution in [2.75, 3.05) is 18.4 Å². The van der Waals surface area contributed by atoms with E-state index in [-0.39, 0.29) is 17.3 Å². The Labute approximate surface area is 135 Å². The van der Waals surface area contributed by atoms with Crippen molar-refractivity contribution >= 4 is 27.6 Å². The summed E-state index contributed by atoms with van der Waals surface area (Å²) in [7, 11) is -3.78. The zero-order valence-electron chi connectivity index (χ0n) is 13.1. The third-order valence-corrected chi connectivity index (χ3v) is 5.75. The van der Waals surface area contributed by atoms with Crippen LogP contribution in [0.4, 0.5) is 5.69 Å². The Morgan fingerprint density at radius 3 is 2.65 bits per heavy atom. The number of aliphatic carboxylic acids is 1. The van der Waals surface area contributed by atoms with Gasteiger partial charge in [0, 0.05) is 25.7 Å². The highest BCUT2D eigenvalue weighted by molar-refractivity contribution is 7.89. The molecule has 0 aliphatic carbocycles. The molecular formula is C15H20N2O5S. The molecule has 126 valence electrons. The average molecular weight is 340 g/mol. The third-order valence-electron chi connectivity index (χ3n) is 3.89. The maximum atomic E-state index is 12.7. The molecule has 1 heterocycles. The minimum Gasteiger partial charge on any atom is -0.481 e. The highest BCUT2D eigenvalue weighted by Gasteiger charge is 2.33. The second-order valence-corrected chi connectivity index (χ2v) is 7.64. The van der Waals surface area contributed by atoms with Crippen LogP contribution in [0.3, 0.4) is 0 Å². The number of carbonyl (C=O) groups excluding carboxylic acids is 1. The van der Waals surface area contributed by atoms with Crippen LogP contribution in [-0.2, 0) is 19.6 Å². The minimum absolute atomic E-state index is 0.0268. The summed E-state index contributed by atoms with van der Waals surface area (Å²) in [5.41, 5.74) is 1.19. The monoisotopic (exact) mass is 340 g/mol. The molecule has 8 heteroatoms. The Bertz CT molecular complexity index is 729. The molecule has 1 unspecified atom stereocenters. The number of amides is 1. The van der Waals surface area contributed by atoms with Crippen molar-refractivity contribution in [1.82, 2.24) is 4.31 Å². The maximum Gasteiger partial charge on any atom is 0.307 e. The van der Waals surface area contributed by atoms with Crippen molar-refractivity contribution in [2.45, 2.75) is 31.6 Å². The van der Waals surface area contributed by atoms with Crippen molar-refractivity contribution < 1.29 is 23.1 Å². The number of hydrogen-bond donors (Lipinski definition) is 2. The molecule has 0 radical (unpaired) electrons. The summed E-state index contributed by atoms with van der Waals surface area (Å²) in [6, 6.07) is 4.51. The summed E-state index contributed by atoms with van der Waals surface area (Å²) in [6.45, 7) is 3.39. The number of aryl methyl sites for hydroxylation is 1. The highest BCUT2D eigenvalue weighted by atomic mass is 32.2. The van der Waals surface area contributed by atoms with Crippen LogP contribution >= 0.6 is 0 Å². The molecule has 1 amide bonds. The van der Waals surface area contributed by atoms with Gasteiger partial charge in [0.2, 0.25) is 15.9 Å². The van der Waals surface area contributed by atoms with Gasteiger partial charge in [0.15, 0.2) is 0 Å². The summed E-state index contributed by atoms with van der Waals surface area (Å²) in [4.78, 5) is 22.4. The zero-order chi connectivity index (χ0) is 17.2. The highest BCUT2D eigenvalue weighted by Crippen LogP contribution is 2.27. The van der Waals surface area contributed by atoms with Crippen molar-refractivity contribution in [1.29, 1.82) is 0 Å². The number of piperidine rings is 1. The van der Waals surface area contributed by atoms with Gasteiger partial charge in [-0.1, -0.05) is 6.07 Å². The lowest BCUT2D eigenvalue weighted by atomic mass is 10.0. The first kappa shape index (κ1) is 17.4. The Morgan fingerprint density at radius 1 is 1.35 bits per heavy atom. The molecule has 0 saturated carbocycles. The SMILES string of the molecule is CC(=O)Nc1cc(S(=O)(=O)N2CCCC(C(=O)O)C2)ccc1C.